The summed E-state index contributed by atoms with van der Waals surface area (Å²) in [6, 6.07) is 39.9. The molecule has 0 bridgehead atoms. The fourth-order valence-electron chi connectivity index (χ4n) is 20.8. The number of piperidine rings is 1. The average molecular weight is 2130 g/mol. The second-order valence-corrected chi connectivity index (χ2v) is 49.6. The van der Waals surface area contributed by atoms with E-state index in [4.69, 9.17) is 25.2 Å². The smallest absolute Gasteiger partial charge is 0.281 e. The highest BCUT2D eigenvalue weighted by Crippen LogP contribution is 2.45. The zero-order valence-corrected chi connectivity index (χ0v) is 92.0. The summed E-state index contributed by atoms with van der Waals surface area (Å²) in [5.41, 5.74) is 10.6. The minimum atomic E-state index is -4.32. The number of hydrogen-bond acceptors (Lipinski definition) is 27. The van der Waals surface area contributed by atoms with Crippen LogP contribution >= 0.6 is 0 Å². The number of nitrogens with one attached hydrogen (secondary N) is 4. The summed E-state index contributed by atoms with van der Waals surface area (Å²) in [5, 5.41) is -0.353. The van der Waals surface area contributed by atoms with Crippen LogP contribution in [0.1, 0.15) is 265 Å². The molecule has 31 nitrogen and oxygen atoms in total. The Hall–Kier alpha value is -12.9. The van der Waals surface area contributed by atoms with Crippen molar-refractivity contribution in [2.24, 2.45) is 47.2 Å². The van der Waals surface area contributed by atoms with Gasteiger partial charge in [0.05, 0.1) is 58.7 Å². The first-order chi connectivity index (χ1) is 70.7. The van der Waals surface area contributed by atoms with Crippen molar-refractivity contribution in [2.75, 3.05) is 59.5 Å². The number of rotatable bonds is 29. The van der Waals surface area contributed by atoms with Gasteiger partial charge in [-0.3, -0.25) is 29.0 Å². The number of nitrogens with zero attached hydrogens (tertiary/aromatic N) is 11. The summed E-state index contributed by atoms with van der Waals surface area (Å²) in [4.78, 5) is 105. The first kappa shape index (κ1) is 114. The highest BCUT2D eigenvalue weighted by molar-refractivity contribution is 7.95. The Bertz CT molecular complexity index is 7250. The van der Waals surface area contributed by atoms with Crippen molar-refractivity contribution in [1.82, 2.24) is 53.8 Å². The fourth-order valence-corrected chi connectivity index (χ4v) is 24.9. The van der Waals surface area contributed by atoms with E-state index in [2.05, 4.69) is 161 Å². The van der Waals surface area contributed by atoms with Crippen LogP contribution in [0.2, 0.25) is 0 Å². The Morgan fingerprint density at radius 1 is 0.493 bits per heavy atom. The molecule has 5 fully saturated rings. The number of aryl methyl sites for hydroxylation is 2. The standard InChI is InChI=1S/C31H39FN4O4S.C28H40N4O3S.C27H31N3O4S.C26H29F2N5O4S/c1-7-24-9-8-10-28(33-24)41(38,39)35-30(37)26-11-12-27(22-15-23(32)17-25(16-22)40-19-20(2)3)34-29(26)36-18-21(4)13-14-31(36,5)6;1-19-17-28(4,5)32(18-19)26-23(13-10-16-29-26)27(33)31-36(34,35)25-15-9-14-24(30-25)21(3)20(2)22-11-7-6-8-12-22;1-5-19-9-8-10-20(15-19)22-14-13-21(25(28-22)30-17-18(2)16-27(30,3)4)26(32)29-35(33,34)24-12-7-6-11-23(24)31;1-15-12-26(2,3)33(14-15)24-17(25(34)32-38(35,36)22-6-5-9-30-20(22)13-29)7-8-19(31-24)16-10-18(27)23(28)21(11-16)37-4/h8-12,15-17,20-21H,7,13-14,18-19H2,1-6H3,(H,35,37);9-10,13-16,19-22H,6-8,11-12,17-18H2,1-5H3,(H,31,33);6-10,12-15,18H,5,11,16-17H2,1-4H3,(H,29,32);5-11,15H,12-14,29H2,1-4H3,(H,32,34)/t;19?,20-,21?;18-;15-/m.100/s1. The minimum absolute atomic E-state index is 0.00670. The lowest BCUT2D eigenvalue weighted by Crippen LogP contribution is -2.51. The van der Waals surface area contributed by atoms with Gasteiger partial charge in [-0.1, -0.05) is 144 Å². The Morgan fingerprint density at radius 2 is 0.980 bits per heavy atom. The number of hydrogen-bond donors (Lipinski definition) is 5. The molecule has 11 heterocycles. The van der Waals surface area contributed by atoms with Gasteiger partial charge in [0.15, 0.2) is 27.4 Å². The Morgan fingerprint density at radius 3 is 1.50 bits per heavy atom. The van der Waals surface area contributed by atoms with Gasteiger partial charge in [-0.15, -0.1) is 0 Å². The van der Waals surface area contributed by atoms with Gasteiger partial charge in [0.2, 0.25) is 5.82 Å². The average Bonchev–Trinajstić information content (AvgIpc) is 0.974. The van der Waals surface area contributed by atoms with Crippen molar-refractivity contribution < 1.29 is 80.3 Å². The largest absolute Gasteiger partial charge is 0.494 e. The highest BCUT2D eigenvalue weighted by Gasteiger charge is 2.45. The Balaban J connectivity index is 0.000000167. The molecule has 6 atom stereocenters. The van der Waals surface area contributed by atoms with Gasteiger partial charge in [-0.25, -0.2) is 74.4 Å². The molecule has 38 heteroatoms. The van der Waals surface area contributed by atoms with Crippen molar-refractivity contribution in [3.8, 4) is 45.3 Å². The van der Waals surface area contributed by atoms with E-state index < -0.39 is 97.4 Å². The number of Topliss-reactive ketones (excluding diaryl/α,β-unsaturated/α-hetero) is 1. The molecule has 3 unspecified atom stereocenters. The third kappa shape index (κ3) is 27.2. The molecule has 6 aliphatic rings. The normalized spacial score (nSPS) is 18.8. The zero-order chi connectivity index (χ0) is 109. The van der Waals surface area contributed by atoms with Gasteiger partial charge in [0, 0.05) is 114 Å². The van der Waals surface area contributed by atoms with Crippen molar-refractivity contribution >= 4 is 92.8 Å². The van der Waals surface area contributed by atoms with Gasteiger partial charge in [-0.2, -0.15) is 21.2 Å². The maximum Gasteiger partial charge on any atom is 0.281 e. The molecular weight excluding hydrogens is 1990 g/mol. The number of carbonyl (C=O) groups excluding carboxylic acids is 5. The third-order valence-electron chi connectivity index (χ3n) is 28.6. The molecule has 16 rings (SSSR count). The van der Waals surface area contributed by atoms with Crippen LogP contribution in [0.15, 0.2) is 202 Å². The summed E-state index contributed by atoms with van der Waals surface area (Å²) in [7, 11) is -15.8. The molecule has 4 saturated heterocycles. The van der Waals surface area contributed by atoms with Crippen LogP contribution in [0.3, 0.4) is 0 Å². The van der Waals surface area contributed by atoms with E-state index in [9.17, 15) is 70.8 Å². The predicted molar refractivity (Wildman–Crippen MR) is 576 cm³/mol. The van der Waals surface area contributed by atoms with Crippen LogP contribution in [-0.2, 0) is 64.3 Å². The van der Waals surface area contributed by atoms with Gasteiger partial charge < -0.3 is 34.8 Å². The number of benzene rings is 3. The molecule has 150 heavy (non-hydrogen) atoms. The van der Waals surface area contributed by atoms with E-state index in [1.165, 1.54) is 118 Å². The number of methoxy groups -OCH3 is 1. The van der Waals surface area contributed by atoms with Gasteiger partial charge in [0.1, 0.15) is 44.6 Å². The van der Waals surface area contributed by atoms with Crippen LogP contribution in [0, 0.1) is 58.9 Å². The molecule has 2 aliphatic carbocycles. The molecule has 3 aromatic carbocycles. The molecule has 1 saturated carbocycles. The van der Waals surface area contributed by atoms with Gasteiger partial charge in [0.25, 0.3) is 63.7 Å². The SMILES string of the molecule is CC1CN(c2ncccc2C(=O)NS(=O)(=O)c2cccc(C(C)[C@@H](C)C3CCCCC3)n2)C(C)(C)C1.CCc1cccc(-c2ccc(C(=O)NS(=O)(=O)C3=CC=CCC3=O)c(N3C[C@@H](C)CC3(C)C)n2)c1.CCc1cccc(S(=O)(=O)NC(=O)c2ccc(-c3cc(F)cc(OCC(C)C)c3)nc2N2CC(C)CCC2(C)C)n1.COc1cc(-c2ccc(C(=O)NS(=O)(=O)c3cccnc3CN)c(N3C[C@@H](C)CC3(C)C)n2)cc(F)c1F. The van der Waals surface area contributed by atoms with E-state index in [-0.39, 0.29) is 113 Å². The van der Waals surface area contributed by atoms with E-state index >= 15 is 0 Å². The van der Waals surface area contributed by atoms with Crippen LogP contribution in [-0.4, -0.2) is 160 Å². The van der Waals surface area contributed by atoms with Crippen LogP contribution in [0.4, 0.5) is 36.4 Å². The molecule has 10 aromatic rings. The number of aromatic nitrogens is 7. The Labute approximate surface area is 880 Å². The number of ether oxygens (including phenoxy) is 2. The fraction of sp³-hybridized carbons (Fsp3) is 0.446. The maximum absolute atomic E-state index is 14.6. The molecule has 0 spiro atoms. The molecule has 7 aromatic heterocycles. The Kier molecular flexibility index (Phi) is 36.0. The number of carbonyl (C=O) groups is 5. The topological polar surface area (TPSA) is 418 Å². The summed E-state index contributed by atoms with van der Waals surface area (Å²) in [6.45, 7) is 40.4. The number of anilines is 4. The first-order valence-corrected chi connectivity index (χ1v) is 57.0. The van der Waals surface area contributed by atoms with Crippen LogP contribution < -0.4 is 53.7 Å². The molecular formula is C112H139F3N16O15S4. The maximum atomic E-state index is 14.6. The van der Waals surface area contributed by atoms with E-state index in [0.717, 1.165) is 62.4 Å². The van der Waals surface area contributed by atoms with Crippen molar-refractivity contribution in [1.29, 1.82) is 0 Å². The number of sulfonamides is 4. The van der Waals surface area contributed by atoms with E-state index in [1.54, 1.807) is 72.9 Å². The third-order valence-corrected chi connectivity index (χ3v) is 33.8. The summed E-state index contributed by atoms with van der Waals surface area (Å²) >= 11 is 0. The van der Waals surface area contributed by atoms with Crippen LogP contribution in [0.5, 0.6) is 11.5 Å². The molecule has 0 radical (unpaired) electrons. The zero-order valence-electron chi connectivity index (χ0n) is 88.8. The molecule has 802 valence electrons. The second kappa shape index (κ2) is 47.3. The summed E-state index contributed by atoms with van der Waals surface area (Å²) in [6.07, 6.45) is 19.6. The van der Waals surface area contributed by atoms with E-state index in [1.807, 2.05) is 57.7 Å². The quantitative estimate of drug-likeness (QED) is 0.0291. The second-order valence-electron chi connectivity index (χ2n) is 43.0. The monoisotopic (exact) mass is 2130 g/mol. The van der Waals surface area contributed by atoms with Crippen molar-refractivity contribution in [2.45, 2.75) is 258 Å². The number of pyridine rings is 7. The minimum Gasteiger partial charge on any atom is -0.494 e. The predicted octanol–water partition coefficient (Wildman–Crippen LogP) is 19.6. The van der Waals surface area contributed by atoms with E-state index in [0.29, 0.717) is 108 Å². The number of amides is 4. The van der Waals surface area contributed by atoms with Gasteiger partial charge >= 0.3 is 0 Å². The number of nitrogens with two attached hydrogens (primary N) is 1. The lowest BCUT2D eigenvalue weighted by Gasteiger charge is -2.46. The lowest BCUT2D eigenvalue weighted by atomic mass is 9.74. The van der Waals surface area contributed by atoms with Crippen molar-refractivity contribution in [3.63, 3.8) is 0 Å². The van der Waals surface area contributed by atoms with Gasteiger partial charge in [-0.05, 0) is 269 Å². The molecule has 6 N–H and O–H groups in total. The summed E-state index contributed by atoms with van der Waals surface area (Å²) < 4.78 is 167. The lowest BCUT2D eigenvalue weighted by molar-refractivity contribution is -0.114. The van der Waals surface area contributed by atoms with Crippen LogP contribution in [0.25, 0.3) is 33.8 Å². The first-order valence-electron chi connectivity index (χ1n) is 51.1. The van der Waals surface area contributed by atoms with Crippen molar-refractivity contribution in [3.05, 3.63) is 250 Å². The molecule has 4 aliphatic heterocycles. The number of ketones is 1. The number of halogens is 3. The highest BCUT2D eigenvalue weighted by atomic mass is 32.2. The number of allylic oxidation sites excluding steroid dienone is 4. The molecule has 4 amide bonds. The summed E-state index contributed by atoms with van der Waals surface area (Å²) in [5.74, 6) is -1.97.